The Morgan fingerprint density at radius 2 is 1.68 bits per heavy atom. The maximum absolute atomic E-state index is 13.3. The van der Waals surface area contributed by atoms with Gasteiger partial charge in [-0.15, -0.1) is 11.3 Å². The number of amides is 2. The van der Waals surface area contributed by atoms with Gasteiger partial charge in [0, 0.05) is 37.6 Å². The first kappa shape index (κ1) is 18.9. The second kappa shape index (κ2) is 8.26. The first-order chi connectivity index (χ1) is 13.7. The second-order valence-corrected chi connectivity index (χ2v) is 7.88. The minimum atomic E-state index is -0.218. The standard InChI is InChI=1S/C21H23N3O3S/c25-13-12-22-8-10-23(11-9-22)19-18(17-7-4-14-28-17)20(26)24(21(19)27)15-16-5-2-1-3-6-16/h1-7,14,25H,8-13,15H2. The first-order valence-electron chi connectivity index (χ1n) is 9.45. The molecule has 3 heterocycles. The van der Waals surface area contributed by atoms with Crippen molar-refractivity contribution in [1.29, 1.82) is 0 Å². The van der Waals surface area contributed by atoms with Crippen molar-refractivity contribution < 1.29 is 14.7 Å². The number of imide groups is 1. The maximum Gasteiger partial charge on any atom is 0.278 e. The summed E-state index contributed by atoms with van der Waals surface area (Å²) in [5.74, 6) is -0.433. The highest BCUT2D eigenvalue weighted by molar-refractivity contribution is 7.11. The van der Waals surface area contributed by atoms with Crippen molar-refractivity contribution in [3.8, 4) is 0 Å². The van der Waals surface area contributed by atoms with E-state index in [4.69, 9.17) is 5.11 Å². The summed E-state index contributed by atoms with van der Waals surface area (Å²) in [5.41, 5.74) is 1.97. The van der Waals surface area contributed by atoms with Crippen LogP contribution in [0.5, 0.6) is 0 Å². The third-order valence-electron chi connectivity index (χ3n) is 5.20. The van der Waals surface area contributed by atoms with Gasteiger partial charge in [-0.1, -0.05) is 36.4 Å². The molecule has 28 heavy (non-hydrogen) atoms. The highest BCUT2D eigenvalue weighted by Gasteiger charge is 2.42. The van der Waals surface area contributed by atoms with Crippen LogP contribution in [0.4, 0.5) is 0 Å². The Hall–Kier alpha value is -2.48. The molecule has 0 aliphatic carbocycles. The molecule has 1 aromatic heterocycles. The van der Waals surface area contributed by atoms with Crippen LogP contribution < -0.4 is 0 Å². The molecule has 1 saturated heterocycles. The number of benzene rings is 1. The van der Waals surface area contributed by atoms with E-state index in [0.717, 1.165) is 23.5 Å². The third-order valence-corrected chi connectivity index (χ3v) is 6.09. The van der Waals surface area contributed by atoms with Crippen LogP contribution in [-0.2, 0) is 16.1 Å². The van der Waals surface area contributed by atoms with Gasteiger partial charge in [-0.3, -0.25) is 19.4 Å². The molecule has 1 N–H and O–H groups in total. The molecular formula is C21H23N3O3S. The molecule has 7 heteroatoms. The van der Waals surface area contributed by atoms with E-state index in [1.165, 1.54) is 16.2 Å². The van der Waals surface area contributed by atoms with Gasteiger partial charge in [-0.2, -0.15) is 0 Å². The molecule has 146 valence electrons. The molecule has 0 spiro atoms. The molecule has 6 nitrogen and oxygen atoms in total. The minimum Gasteiger partial charge on any atom is -0.395 e. The van der Waals surface area contributed by atoms with Crippen LogP contribution in [0.1, 0.15) is 10.4 Å². The predicted octanol–water partition coefficient (Wildman–Crippen LogP) is 1.64. The summed E-state index contributed by atoms with van der Waals surface area (Å²) in [4.78, 5) is 32.9. The van der Waals surface area contributed by atoms with Gasteiger partial charge in [-0.05, 0) is 17.0 Å². The zero-order valence-corrected chi connectivity index (χ0v) is 16.4. The van der Waals surface area contributed by atoms with E-state index in [2.05, 4.69) is 4.90 Å². The molecule has 0 bridgehead atoms. The number of aliphatic hydroxyl groups is 1. The number of β-amino-alcohol motifs (C(OH)–C–C–N with tert-alkyl or cyclic N) is 1. The molecule has 0 radical (unpaired) electrons. The van der Waals surface area contributed by atoms with Gasteiger partial charge in [0.25, 0.3) is 11.8 Å². The topological polar surface area (TPSA) is 64.1 Å². The number of rotatable bonds is 6. The second-order valence-electron chi connectivity index (χ2n) is 6.94. The number of thiophene rings is 1. The molecule has 0 saturated carbocycles. The molecule has 1 aromatic carbocycles. The monoisotopic (exact) mass is 397 g/mol. The molecule has 2 amide bonds. The zero-order valence-electron chi connectivity index (χ0n) is 15.6. The van der Waals surface area contributed by atoms with Crippen LogP contribution in [0.3, 0.4) is 0 Å². The minimum absolute atomic E-state index is 0.130. The van der Waals surface area contributed by atoms with Gasteiger partial charge in [-0.25, -0.2) is 0 Å². The van der Waals surface area contributed by atoms with E-state index in [-0.39, 0.29) is 25.0 Å². The van der Waals surface area contributed by atoms with E-state index in [9.17, 15) is 9.59 Å². The highest BCUT2D eigenvalue weighted by Crippen LogP contribution is 2.35. The van der Waals surface area contributed by atoms with Crippen LogP contribution in [-0.4, -0.2) is 71.0 Å². The molecule has 1 fully saturated rings. The molecule has 0 unspecified atom stereocenters. The molecule has 0 atom stereocenters. The Bertz CT molecular complexity index is 872. The van der Waals surface area contributed by atoms with Crippen LogP contribution >= 0.6 is 11.3 Å². The number of nitrogens with zero attached hydrogens (tertiary/aromatic N) is 3. The van der Waals surface area contributed by atoms with E-state index in [1.807, 2.05) is 52.7 Å². The number of hydrogen-bond acceptors (Lipinski definition) is 6. The van der Waals surface area contributed by atoms with Crippen LogP contribution in [0, 0.1) is 0 Å². The van der Waals surface area contributed by atoms with Gasteiger partial charge < -0.3 is 10.0 Å². The lowest BCUT2D eigenvalue weighted by Gasteiger charge is -2.36. The lowest BCUT2D eigenvalue weighted by atomic mass is 10.1. The van der Waals surface area contributed by atoms with Crippen molar-refractivity contribution in [1.82, 2.24) is 14.7 Å². The van der Waals surface area contributed by atoms with Crippen molar-refractivity contribution >= 4 is 28.7 Å². The Labute approximate surface area is 168 Å². The van der Waals surface area contributed by atoms with Crippen molar-refractivity contribution in [2.75, 3.05) is 39.3 Å². The van der Waals surface area contributed by atoms with Gasteiger partial charge in [0.1, 0.15) is 5.70 Å². The summed E-state index contributed by atoms with van der Waals surface area (Å²) in [7, 11) is 0. The number of carbonyl (C=O) groups is 2. The zero-order chi connectivity index (χ0) is 19.5. The highest BCUT2D eigenvalue weighted by atomic mass is 32.1. The smallest absolute Gasteiger partial charge is 0.278 e. The van der Waals surface area contributed by atoms with Gasteiger partial charge >= 0.3 is 0 Å². The Kier molecular flexibility index (Phi) is 5.57. The van der Waals surface area contributed by atoms with E-state index < -0.39 is 0 Å². The van der Waals surface area contributed by atoms with Gasteiger partial charge in [0.05, 0.1) is 18.7 Å². The van der Waals surface area contributed by atoms with Gasteiger partial charge in [0.2, 0.25) is 0 Å². The summed E-state index contributed by atoms with van der Waals surface area (Å²) in [6, 6.07) is 13.4. The van der Waals surface area contributed by atoms with Crippen LogP contribution in [0.2, 0.25) is 0 Å². The fourth-order valence-corrected chi connectivity index (χ4v) is 4.51. The fourth-order valence-electron chi connectivity index (χ4n) is 3.75. The average molecular weight is 398 g/mol. The van der Waals surface area contributed by atoms with E-state index in [1.54, 1.807) is 0 Å². The molecular weight excluding hydrogens is 374 g/mol. The largest absolute Gasteiger partial charge is 0.395 e. The fraction of sp³-hybridized carbons (Fsp3) is 0.333. The quantitative estimate of drug-likeness (QED) is 0.751. The van der Waals surface area contributed by atoms with Crippen molar-refractivity contribution in [2.24, 2.45) is 0 Å². The summed E-state index contributed by atoms with van der Waals surface area (Å²) in [5, 5.41) is 11.1. The Morgan fingerprint density at radius 3 is 2.32 bits per heavy atom. The predicted molar refractivity (Wildman–Crippen MR) is 108 cm³/mol. The van der Waals surface area contributed by atoms with Crippen molar-refractivity contribution in [3.63, 3.8) is 0 Å². The van der Waals surface area contributed by atoms with Crippen molar-refractivity contribution in [2.45, 2.75) is 6.54 Å². The summed E-state index contributed by atoms with van der Waals surface area (Å²) in [6.07, 6.45) is 0. The normalized spacial score (nSPS) is 18.5. The van der Waals surface area contributed by atoms with E-state index in [0.29, 0.717) is 30.9 Å². The van der Waals surface area contributed by atoms with E-state index >= 15 is 0 Å². The lowest BCUT2D eigenvalue weighted by molar-refractivity contribution is -0.138. The third kappa shape index (κ3) is 3.61. The number of piperazine rings is 1. The summed E-state index contributed by atoms with van der Waals surface area (Å²) in [6.45, 7) is 3.92. The Balaban J connectivity index is 1.63. The molecule has 2 aliphatic heterocycles. The lowest BCUT2D eigenvalue weighted by Crippen LogP contribution is -2.48. The maximum atomic E-state index is 13.3. The Morgan fingerprint density at radius 1 is 0.929 bits per heavy atom. The van der Waals surface area contributed by atoms with Crippen molar-refractivity contribution in [3.05, 3.63) is 64.0 Å². The SMILES string of the molecule is O=C1C(c2cccs2)=C(N2CCN(CCO)CC2)C(=O)N1Cc1ccccc1. The van der Waals surface area contributed by atoms with Crippen LogP contribution in [0.15, 0.2) is 53.5 Å². The van der Waals surface area contributed by atoms with Gasteiger partial charge in [0.15, 0.2) is 0 Å². The summed E-state index contributed by atoms with van der Waals surface area (Å²) < 4.78 is 0. The first-order valence-corrected chi connectivity index (χ1v) is 10.3. The van der Waals surface area contributed by atoms with Crippen LogP contribution in [0.25, 0.3) is 5.57 Å². The molecule has 2 aromatic rings. The molecule has 2 aliphatic rings. The summed E-state index contributed by atoms with van der Waals surface area (Å²) >= 11 is 1.48. The number of aliphatic hydroxyl groups excluding tert-OH is 1. The number of hydrogen-bond donors (Lipinski definition) is 1. The number of carbonyl (C=O) groups excluding carboxylic acids is 2. The molecule has 4 rings (SSSR count). The average Bonchev–Trinajstić information content (AvgIpc) is 3.32.